The summed E-state index contributed by atoms with van der Waals surface area (Å²) in [7, 11) is 0. The maximum Gasteiger partial charge on any atom is 0.251 e. The van der Waals surface area contributed by atoms with E-state index >= 15 is 0 Å². The maximum absolute atomic E-state index is 12.6. The van der Waals surface area contributed by atoms with Crippen molar-refractivity contribution in [2.24, 2.45) is 0 Å². The van der Waals surface area contributed by atoms with Gasteiger partial charge in [-0.3, -0.25) is 4.79 Å². The number of halogens is 1. The van der Waals surface area contributed by atoms with Crippen LogP contribution in [0.15, 0.2) is 95.5 Å². The molecule has 0 unspecified atom stereocenters. The summed E-state index contributed by atoms with van der Waals surface area (Å²) in [6.07, 6.45) is 0. The topological polar surface area (TPSA) is 29.1 Å². The van der Waals surface area contributed by atoms with Gasteiger partial charge in [0, 0.05) is 15.4 Å². The highest BCUT2D eigenvalue weighted by molar-refractivity contribution is 9.10. The second-order valence-electron chi connectivity index (χ2n) is 6.83. The normalized spacial score (nSPS) is 11.9. The van der Waals surface area contributed by atoms with Crippen LogP contribution in [-0.4, -0.2) is 5.91 Å². The molecule has 4 rings (SSSR count). The summed E-state index contributed by atoms with van der Waals surface area (Å²) in [5.41, 5.74) is 3.98. The predicted octanol–water partition coefficient (Wildman–Crippen LogP) is 6.76. The fourth-order valence-electron chi connectivity index (χ4n) is 3.44. The highest BCUT2D eigenvalue weighted by Gasteiger charge is 2.12. The third kappa shape index (κ3) is 3.71. The van der Waals surface area contributed by atoms with Gasteiger partial charge in [0.05, 0.1) is 6.04 Å². The lowest BCUT2D eigenvalue weighted by Crippen LogP contribution is -2.26. The molecule has 4 aromatic rings. The van der Waals surface area contributed by atoms with E-state index in [0.717, 1.165) is 21.2 Å². The molecule has 1 N–H and O–H groups in total. The molecule has 0 aliphatic carbocycles. The quantitative estimate of drug-likeness (QED) is 0.381. The fourth-order valence-corrected chi connectivity index (χ4v) is 4.04. The minimum Gasteiger partial charge on any atom is -0.346 e. The molecule has 3 heteroatoms. The van der Waals surface area contributed by atoms with Gasteiger partial charge in [-0.2, -0.15) is 0 Å². The third-order valence-corrected chi connectivity index (χ3v) is 5.62. The van der Waals surface area contributed by atoms with Crippen LogP contribution in [0.4, 0.5) is 0 Å². The highest BCUT2D eigenvalue weighted by atomic mass is 79.9. The van der Waals surface area contributed by atoms with Gasteiger partial charge >= 0.3 is 0 Å². The molecular weight excluding hydrogens is 410 g/mol. The largest absolute Gasteiger partial charge is 0.346 e. The van der Waals surface area contributed by atoms with Gasteiger partial charge in [0.1, 0.15) is 0 Å². The first-order valence-corrected chi connectivity index (χ1v) is 10.1. The van der Waals surface area contributed by atoms with Gasteiger partial charge in [-0.15, -0.1) is 0 Å². The zero-order chi connectivity index (χ0) is 19.5. The van der Waals surface area contributed by atoms with Crippen LogP contribution in [0.2, 0.25) is 0 Å². The molecule has 138 valence electrons. The van der Waals surface area contributed by atoms with E-state index in [4.69, 9.17) is 0 Å². The molecule has 2 nitrogen and oxygen atoms in total. The Morgan fingerprint density at radius 1 is 0.821 bits per heavy atom. The van der Waals surface area contributed by atoms with E-state index in [0.29, 0.717) is 5.56 Å². The molecule has 0 spiro atoms. The molecule has 0 radical (unpaired) electrons. The number of fused-ring (bicyclic) bond motifs is 1. The van der Waals surface area contributed by atoms with Crippen molar-refractivity contribution in [1.82, 2.24) is 5.32 Å². The lowest BCUT2D eigenvalue weighted by molar-refractivity contribution is 0.0940. The molecule has 0 aliphatic rings. The van der Waals surface area contributed by atoms with E-state index in [1.54, 1.807) is 0 Å². The van der Waals surface area contributed by atoms with Crippen molar-refractivity contribution in [1.29, 1.82) is 0 Å². The Labute approximate surface area is 173 Å². The van der Waals surface area contributed by atoms with Crippen LogP contribution in [0.25, 0.3) is 21.9 Å². The number of hydrogen-bond acceptors (Lipinski definition) is 1. The van der Waals surface area contributed by atoms with Gasteiger partial charge in [-0.25, -0.2) is 0 Å². The highest BCUT2D eigenvalue weighted by Crippen LogP contribution is 2.34. The van der Waals surface area contributed by atoms with Gasteiger partial charge in [-0.05, 0) is 47.2 Å². The number of benzene rings is 4. The number of nitrogens with one attached hydrogen (secondary N) is 1. The van der Waals surface area contributed by atoms with Gasteiger partial charge in [0.2, 0.25) is 0 Å². The van der Waals surface area contributed by atoms with Gasteiger partial charge in [0.25, 0.3) is 5.91 Å². The van der Waals surface area contributed by atoms with Crippen LogP contribution in [-0.2, 0) is 0 Å². The van der Waals surface area contributed by atoms with Crippen molar-refractivity contribution in [3.63, 3.8) is 0 Å². The molecule has 1 atom stereocenters. The molecule has 0 aliphatic heterocycles. The Bertz CT molecular complexity index is 1120. The predicted molar refractivity (Wildman–Crippen MR) is 119 cm³/mol. The minimum absolute atomic E-state index is 0.0394. The molecule has 4 aromatic carbocycles. The van der Waals surface area contributed by atoms with Gasteiger partial charge < -0.3 is 5.32 Å². The monoisotopic (exact) mass is 429 g/mol. The van der Waals surface area contributed by atoms with Gasteiger partial charge in [-0.1, -0.05) is 88.7 Å². The van der Waals surface area contributed by atoms with Crippen molar-refractivity contribution in [2.75, 3.05) is 0 Å². The van der Waals surface area contributed by atoms with Crippen molar-refractivity contribution >= 4 is 32.6 Å². The summed E-state index contributed by atoms with van der Waals surface area (Å²) in [5.74, 6) is -0.0676. The Hall–Kier alpha value is -2.91. The molecule has 28 heavy (non-hydrogen) atoms. The van der Waals surface area contributed by atoms with Crippen molar-refractivity contribution in [3.8, 4) is 11.1 Å². The number of hydrogen-bond donors (Lipinski definition) is 1. The lowest BCUT2D eigenvalue weighted by Gasteiger charge is -2.15. The molecule has 0 heterocycles. The standard InChI is InChI=1S/C25H20BrNO/c1-17(18-7-3-2-4-8-18)27-25(28)21-15-13-19(14-16-21)22-11-5-9-20-10-6-12-23(26)24(20)22/h2-17H,1H3,(H,27,28)/t17-/m1/s1. The molecule has 0 saturated heterocycles. The average Bonchev–Trinajstić information content (AvgIpc) is 2.74. The van der Waals surface area contributed by atoms with E-state index < -0.39 is 0 Å². The molecule has 1 amide bonds. The zero-order valence-electron chi connectivity index (χ0n) is 15.5. The summed E-state index contributed by atoms with van der Waals surface area (Å²) >= 11 is 3.67. The van der Waals surface area contributed by atoms with E-state index in [-0.39, 0.29) is 11.9 Å². The summed E-state index contributed by atoms with van der Waals surface area (Å²) in [6.45, 7) is 2.00. The van der Waals surface area contributed by atoms with Crippen LogP contribution < -0.4 is 5.32 Å². The molecule has 0 fully saturated rings. The van der Waals surface area contributed by atoms with Crippen LogP contribution >= 0.6 is 15.9 Å². The smallest absolute Gasteiger partial charge is 0.251 e. The number of carbonyl (C=O) groups excluding carboxylic acids is 1. The van der Waals surface area contributed by atoms with Crippen LogP contribution in [0, 0.1) is 0 Å². The second kappa shape index (κ2) is 7.99. The molecule has 0 aromatic heterocycles. The lowest BCUT2D eigenvalue weighted by atomic mass is 9.97. The first-order valence-electron chi connectivity index (χ1n) is 9.27. The summed E-state index contributed by atoms with van der Waals surface area (Å²) < 4.78 is 1.07. The number of rotatable bonds is 4. The van der Waals surface area contributed by atoms with E-state index in [1.807, 2.05) is 67.6 Å². The summed E-state index contributed by atoms with van der Waals surface area (Å²) in [6, 6.07) is 30.2. The molecular formula is C25H20BrNO. The second-order valence-corrected chi connectivity index (χ2v) is 7.68. The zero-order valence-corrected chi connectivity index (χ0v) is 17.1. The first kappa shape index (κ1) is 18.5. The summed E-state index contributed by atoms with van der Waals surface area (Å²) in [5, 5.41) is 5.43. The number of amides is 1. The van der Waals surface area contributed by atoms with E-state index in [2.05, 4.69) is 51.6 Å². The average molecular weight is 430 g/mol. The van der Waals surface area contributed by atoms with Crippen molar-refractivity contribution in [3.05, 3.63) is 107 Å². The SMILES string of the molecule is C[C@@H](NC(=O)c1ccc(-c2cccc3cccc(Br)c23)cc1)c1ccccc1. The number of carbonyl (C=O) groups is 1. The van der Waals surface area contributed by atoms with Crippen molar-refractivity contribution in [2.45, 2.75) is 13.0 Å². The fraction of sp³-hybridized carbons (Fsp3) is 0.0800. The molecule has 0 saturated carbocycles. The van der Waals surface area contributed by atoms with Crippen LogP contribution in [0.1, 0.15) is 28.9 Å². The minimum atomic E-state index is -0.0676. The Kier molecular flexibility index (Phi) is 5.27. The summed E-state index contributed by atoms with van der Waals surface area (Å²) in [4.78, 5) is 12.6. The Morgan fingerprint density at radius 3 is 2.21 bits per heavy atom. The maximum atomic E-state index is 12.6. The van der Waals surface area contributed by atoms with E-state index in [1.165, 1.54) is 10.8 Å². The van der Waals surface area contributed by atoms with Crippen molar-refractivity contribution < 1.29 is 4.79 Å². The third-order valence-electron chi connectivity index (χ3n) is 4.96. The van der Waals surface area contributed by atoms with Gasteiger partial charge in [0.15, 0.2) is 0 Å². The van der Waals surface area contributed by atoms with Crippen LogP contribution in [0.3, 0.4) is 0 Å². The molecule has 0 bridgehead atoms. The van der Waals surface area contributed by atoms with E-state index in [9.17, 15) is 4.79 Å². The Morgan fingerprint density at radius 2 is 1.50 bits per heavy atom. The van der Waals surface area contributed by atoms with Crippen LogP contribution in [0.5, 0.6) is 0 Å². The Balaban J connectivity index is 1.59. The first-order chi connectivity index (χ1) is 13.6.